The second-order valence-corrected chi connectivity index (χ2v) is 5.46. The fourth-order valence-electron chi connectivity index (χ4n) is 1.63. The summed E-state index contributed by atoms with van der Waals surface area (Å²) < 4.78 is 0. The van der Waals surface area contributed by atoms with Gasteiger partial charge in [-0.15, -0.1) is 0 Å². The first-order valence-electron chi connectivity index (χ1n) is 6.16. The Morgan fingerprint density at radius 1 is 1.00 bits per heavy atom. The van der Waals surface area contributed by atoms with Crippen molar-refractivity contribution in [2.24, 2.45) is 5.41 Å². The van der Waals surface area contributed by atoms with Crippen LogP contribution < -0.4 is 0 Å². The lowest BCUT2D eigenvalue weighted by molar-refractivity contribution is 0.403. The summed E-state index contributed by atoms with van der Waals surface area (Å²) in [6.07, 6.45) is 10.7. The Labute approximate surface area is 95.6 Å². The van der Waals surface area contributed by atoms with E-state index in [-0.39, 0.29) is 5.41 Å². The fraction of sp³-hybridized carbons (Fsp3) is 0.857. The highest BCUT2D eigenvalue weighted by atomic mass is 16.1. The van der Waals surface area contributed by atoms with E-state index in [4.69, 9.17) is 0 Å². The van der Waals surface area contributed by atoms with Crippen molar-refractivity contribution in [3.05, 3.63) is 5.92 Å². The summed E-state index contributed by atoms with van der Waals surface area (Å²) in [6, 6.07) is 0. The first kappa shape index (κ1) is 14.7. The Balaban J connectivity index is 3.22. The zero-order valence-corrected chi connectivity index (χ0v) is 10.9. The average molecular weight is 210 g/mol. The molecule has 1 nitrogen and oxygen atoms in total. The van der Waals surface area contributed by atoms with Crippen molar-refractivity contribution in [2.45, 2.75) is 72.6 Å². The standard InChI is InChI=1S/C14H26O/c1-13(2)10-8-6-5-7-9-11-14(3,4)12-15/h5-11H2,1-4H3. The molecule has 0 aromatic rings. The van der Waals surface area contributed by atoms with E-state index >= 15 is 0 Å². The Kier molecular flexibility index (Phi) is 7.72. The third-order valence-electron chi connectivity index (χ3n) is 2.75. The van der Waals surface area contributed by atoms with Gasteiger partial charge in [0, 0.05) is 5.41 Å². The maximum atomic E-state index is 10.5. The summed E-state index contributed by atoms with van der Waals surface area (Å²) in [4.78, 5) is 10.5. The lowest BCUT2D eigenvalue weighted by Gasteiger charge is -2.14. The van der Waals surface area contributed by atoms with Crippen LogP contribution in [0.1, 0.15) is 72.6 Å². The van der Waals surface area contributed by atoms with Crippen LogP contribution in [0.2, 0.25) is 0 Å². The molecule has 0 amide bonds. The SMILES string of the molecule is C[C](C)CCCCCCCC(C)(C)[C]=O. The second-order valence-electron chi connectivity index (χ2n) is 5.46. The quantitative estimate of drug-likeness (QED) is 0.513. The van der Waals surface area contributed by atoms with Crippen LogP contribution in [0.5, 0.6) is 0 Å². The van der Waals surface area contributed by atoms with Crippen LogP contribution in [0.25, 0.3) is 0 Å². The van der Waals surface area contributed by atoms with E-state index in [1.807, 2.05) is 13.8 Å². The number of unbranched alkanes of at least 4 members (excludes halogenated alkanes) is 4. The molecule has 0 unspecified atom stereocenters. The zero-order chi connectivity index (χ0) is 11.7. The predicted molar refractivity (Wildman–Crippen MR) is 66.4 cm³/mol. The van der Waals surface area contributed by atoms with Crippen molar-refractivity contribution in [3.8, 4) is 0 Å². The molecule has 0 spiro atoms. The summed E-state index contributed by atoms with van der Waals surface area (Å²) in [7, 11) is 0. The Morgan fingerprint density at radius 2 is 1.53 bits per heavy atom. The molecule has 2 radical (unpaired) electrons. The molecule has 0 aromatic carbocycles. The van der Waals surface area contributed by atoms with Crippen molar-refractivity contribution in [1.29, 1.82) is 0 Å². The molecular formula is C14H26O. The Morgan fingerprint density at radius 3 is 2.07 bits per heavy atom. The van der Waals surface area contributed by atoms with Gasteiger partial charge in [-0.1, -0.05) is 59.8 Å². The third kappa shape index (κ3) is 9.96. The topological polar surface area (TPSA) is 17.1 Å². The van der Waals surface area contributed by atoms with E-state index in [2.05, 4.69) is 20.1 Å². The minimum Gasteiger partial charge on any atom is -0.290 e. The van der Waals surface area contributed by atoms with E-state index < -0.39 is 0 Å². The lowest BCUT2D eigenvalue weighted by Crippen LogP contribution is -2.12. The molecule has 0 fully saturated rings. The molecule has 0 aliphatic carbocycles. The van der Waals surface area contributed by atoms with E-state index in [1.165, 1.54) is 38.0 Å². The largest absolute Gasteiger partial charge is 0.290 e. The highest BCUT2D eigenvalue weighted by Crippen LogP contribution is 2.21. The van der Waals surface area contributed by atoms with Crippen LogP contribution in [-0.4, -0.2) is 6.29 Å². The molecule has 0 aliphatic rings. The monoisotopic (exact) mass is 210 g/mol. The molecule has 0 heterocycles. The summed E-state index contributed by atoms with van der Waals surface area (Å²) in [5.41, 5.74) is -0.228. The molecule has 0 saturated heterocycles. The summed E-state index contributed by atoms with van der Waals surface area (Å²) in [5.74, 6) is 1.53. The van der Waals surface area contributed by atoms with Gasteiger partial charge in [-0.05, 0) is 18.8 Å². The molecule has 0 saturated carbocycles. The predicted octanol–water partition coefficient (Wildman–Crippen LogP) is 4.47. The van der Waals surface area contributed by atoms with Gasteiger partial charge in [0.1, 0.15) is 0 Å². The molecule has 0 bridgehead atoms. The number of hydrogen-bond donors (Lipinski definition) is 0. The van der Waals surface area contributed by atoms with E-state index in [0.29, 0.717) is 0 Å². The second kappa shape index (κ2) is 7.90. The van der Waals surface area contributed by atoms with Crippen molar-refractivity contribution in [2.75, 3.05) is 0 Å². The highest BCUT2D eigenvalue weighted by Gasteiger charge is 2.16. The van der Waals surface area contributed by atoms with Gasteiger partial charge in [0.25, 0.3) is 0 Å². The maximum Gasteiger partial charge on any atom is 0.204 e. The molecule has 1 heteroatoms. The van der Waals surface area contributed by atoms with Gasteiger partial charge in [-0.3, -0.25) is 4.79 Å². The van der Waals surface area contributed by atoms with E-state index in [1.54, 1.807) is 0 Å². The van der Waals surface area contributed by atoms with Gasteiger partial charge in [-0.25, -0.2) is 0 Å². The summed E-state index contributed by atoms with van der Waals surface area (Å²) in [6.45, 7) is 8.33. The zero-order valence-electron chi connectivity index (χ0n) is 10.9. The fourth-order valence-corrected chi connectivity index (χ4v) is 1.63. The summed E-state index contributed by atoms with van der Waals surface area (Å²) >= 11 is 0. The van der Waals surface area contributed by atoms with Crippen molar-refractivity contribution in [3.63, 3.8) is 0 Å². The number of rotatable bonds is 9. The first-order chi connectivity index (χ1) is 6.98. The number of carbonyl (C=O) groups excluding carboxylic acids is 1. The lowest BCUT2D eigenvalue weighted by atomic mass is 9.88. The van der Waals surface area contributed by atoms with Gasteiger partial charge < -0.3 is 0 Å². The van der Waals surface area contributed by atoms with Gasteiger partial charge in [-0.2, -0.15) is 0 Å². The van der Waals surface area contributed by atoms with Crippen molar-refractivity contribution < 1.29 is 4.79 Å². The molecule has 0 atom stereocenters. The average Bonchev–Trinajstić information content (AvgIpc) is 2.16. The molecular weight excluding hydrogens is 184 g/mol. The van der Waals surface area contributed by atoms with Gasteiger partial charge in [0.05, 0.1) is 0 Å². The van der Waals surface area contributed by atoms with Crippen molar-refractivity contribution in [1.82, 2.24) is 0 Å². The normalized spacial score (nSPS) is 12.1. The molecule has 88 valence electrons. The van der Waals surface area contributed by atoms with Gasteiger partial charge >= 0.3 is 0 Å². The minimum atomic E-state index is -0.228. The Bertz CT molecular complexity index is 159. The molecule has 0 rings (SSSR count). The smallest absolute Gasteiger partial charge is 0.204 e. The van der Waals surface area contributed by atoms with Crippen LogP contribution >= 0.6 is 0 Å². The third-order valence-corrected chi connectivity index (χ3v) is 2.75. The molecule has 0 N–H and O–H groups in total. The van der Waals surface area contributed by atoms with Gasteiger partial charge in [0.15, 0.2) is 0 Å². The molecule has 0 aromatic heterocycles. The van der Waals surface area contributed by atoms with E-state index in [9.17, 15) is 4.79 Å². The Hall–Kier alpha value is -0.330. The number of hydrogen-bond acceptors (Lipinski definition) is 1. The highest BCUT2D eigenvalue weighted by molar-refractivity contribution is 5.58. The first-order valence-corrected chi connectivity index (χ1v) is 6.16. The van der Waals surface area contributed by atoms with Crippen LogP contribution in [0.3, 0.4) is 0 Å². The molecule has 0 aliphatic heterocycles. The van der Waals surface area contributed by atoms with Crippen LogP contribution in [0, 0.1) is 11.3 Å². The minimum absolute atomic E-state index is 0.228. The van der Waals surface area contributed by atoms with Crippen LogP contribution in [0.15, 0.2) is 0 Å². The van der Waals surface area contributed by atoms with Gasteiger partial charge in [0.2, 0.25) is 6.29 Å². The molecule has 15 heavy (non-hydrogen) atoms. The van der Waals surface area contributed by atoms with Crippen LogP contribution in [-0.2, 0) is 4.79 Å². The van der Waals surface area contributed by atoms with Crippen molar-refractivity contribution >= 4 is 6.29 Å². The maximum absolute atomic E-state index is 10.5. The van der Waals surface area contributed by atoms with E-state index in [0.717, 1.165) is 12.8 Å². The summed E-state index contributed by atoms with van der Waals surface area (Å²) in [5, 5.41) is 0. The van der Waals surface area contributed by atoms with Crippen LogP contribution in [0.4, 0.5) is 0 Å².